The van der Waals surface area contributed by atoms with Gasteiger partial charge in [0.15, 0.2) is 0 Å². The molecular weight excluding hydrogens is 441 g/mol. The molecule has 2 heterocycles. The van der Waals surface area contributed by atoms with Crippen molar-refractivity contribution in [3.05, 3.63) is 60.2 Å². The van der Waals surface area contributed by atoms with Crippen LogP contribution in [-0.2, 0) is 4.79 Å². The van der Waals surface area contributed by atoms with Crippen LogP contribution in [0.3, 0.4) is 0 Å². The van der Waals surface area contributed by atoms with Gasteiger partial charge in [0.1, 0.15) is 11.3 Å². The average Bonchev–Trinajstić information content (AvgIpc) is 3.39. The third-order valence-corrected chi connectivity index (χ3v) is 8.05. The zero-order valence-electron chi connectivity index (χ0n) is 20.3. The van der Waals surface area contributed by atoms with Gasteiger partial charge in [0.25, 0.3) is 0 Å². The van der Waals surface area contributed by atoms with Crippen LogP contribution in [0.1, 0.15) is 50.0 Å². The molecule has 0 spiro atoms. The van der Waals surface area contributed by atoms with E-state index in [2.05, 4.69) is 43.3 Å². The second kappa shape index (κ2) is 11.2. The molecule has 1 aromatic heterocycles. The van der Waals surface area contributed by atoms with E-state index in [1.165, 1.54) is 24.9 Å². The molecule has 5 rings (SSSR count). The van der Waals surface area contributed by atoms with Gasteiger partial charge in [0.05, 0.1) is 17.5 Å². The van der Waals surface area contributed by atoms with Crippen LogP contribution in [0, 0.1) is 11.7 Å². The van der Waals surface area contributed by atoms with Crippen LogP contribution in [0.15, 0.2) is 48.8 Å². The van der Waals surface area contributed by atoms with E-state index in [0.29, 0.717) is 5.92 Å². The Morgan fingerprint density at radius 2 is 1.86 bits per heavy atom. The largest absolute Gasteiger partial charge is 0.367 e. The van der Waals surface area contributed by atoms with Crippen molar-refractivity contribution in [2.24, 2.45) is 5.92 Å². The summed E-state index contributed by atoms with van der Waals surface area (Å²) < 4.78 is 15.0. The summed E-state index contributed by atoms with van der Waals surface area (Å²) in [7, 11) is 0. The zero-order valence-corrected chi connectivity index (χ0v) is 20.3. The van der Waals surface area contributed by atoms with Crippen molar-refractivity contribution in [1.82, 2.24) is 20.2 Å². The Morgan fingerprint density at radius 1 is 1.06 bits per heavy atom. The number of nitrogens with one attached hydrogen (secondary N) is 2. The molecule has 7 heteroatoms. The molecule has 2 aromatic carbocycles. The Hall–Kier alpha value is -2.93. The number of carbonyl (C=O) groups is 1. The number of nitrogens with zero attached hydrogens (tertiary/aromatic N) is 3. The van der Waals surface area contributed by atoms with Crippen LogP contribution in [0.5, 0.6) is 0 Å². The van der Waals surface area contributed by atoms with Crippen molar-refractivity contribution in [2.45, 2.75) is 50.5 Å². The number of benzene rings is 2. The number of halogens is 1. The van der Waals surface area contributed by atoms with Gasteiger partial charge in [-0.3, -0.25) is 9.69 Å². The number of H-pyrrole nitrogens is 1. The molecule has 186 valence electrons. The van der Waals surface area contributed by atoms with Crippen molar-refractivity contribution in [1.29, 1.82) is 0 Å². The van der Waals surface area contributed by atoms with Gasteiger partial charge in [0, 0.05) is 38.1 Å². The second-order valence-corrected chi connectivity index (χ2v) is 10.0. The lowest BCUT2D eigenvalue weighted by Crippen LogP contribution is -2.48. The summed E-state index contributed by atoms with van der Waals surface area (Å²) in [4.78, 5) is 24.2. The highest BCUT2D eigenvalue weighted by molar-refractivity contribution is 5.88. The zero-order chi connectivity index (χ0) is 24.0. The van der Waals surface area contributed by atoms with E-state index >= 15 is 0 Å². The van der Waals surface area contributed by atoms with Crippen molar-refractivity contribution in [3.63, 3.8) is 0 Å². The molecule has 0 bridgehead atoms. The van der Waals surface area contributed by atoms with Gasteiger partial charge in [0.2, 0.25) is 6.41 Å². The van der Waals surface area contributed by atoms with Crippen LogP contribution in [0.25, 0.3) is 11.0 Å². The average molecular weight is 478 g/mol. The quantitative estimate of drug-likeness (QED) is 0.439. The Kier molecular flexibility index (Phi) is 7.62. The first-order valence-electron chi connectivity index (χ1n) is 13.1. The van der Waals surface area contributed by atoms with E-state index in [4.69, 9.17) is 0 Å². The molecule has 2 N–H and O–H groups in total. The number of anilines is 1. The minimum Gasteiger partial charge on any atom is -0.367 e. The molecule has 2 unspecified atom stereocenters. The number of rotatable bonds is 9. The first kappa shape index (κ1) is 23.8. The number of aromatic nitrogens is 2. The number of carbonyl (C=O) groups excluding carboxylic acids is 1. The molecular formula is C28H36FN5O. The summed E-state index contributed by atoms with van der Waals surface area (Å²) in [6.45, 7) is 4.69. The number of imidazole rings is 1. The molecule has 1 saturated carbocycles. The first-order valence-corrected chi connectivity index (χ1v) is 13.1. The molecule has 1 aliphatic heterocycles. The van der Waals surface area contributed by atoms with Crippen LogP contribution >= 0.6 is 0 Å². The summed E-state index contributed by atoms with van der Waals surface area (Å²) in [5, 5.41) is 3.13. The van der Waals surface area contributed by atoms with E-state index in [-0.39, 0.29) is 17.8 Å². The molecule has 3 aromatic rings. The fourth-order valence-corrected chi connectivity index (χ4v) is 6.20. The van der Waals surface area contributed by atoms with Crippen molar-refractivity contribution in [3.8, 4) is 0 Å². The molecule has 6 nitrogen and oxygen atoms in total. The Balaban J connectivity index is 1.27. The van der Waals surface area contributed by atoms with Gasteiger partial charge >= 0.3 is 0 Å². The van der Waals surface area contributed by atoms with Crippen molar-refractivity contribution in [2.75, 3.05) is 37.6 Å². The Labute approximate surface area is 206 Å². The predicted octanol–water partition coefficient (Wildman–Crippen LogP) is 4.69. The van der Waals surface area contributed by atoms with Gasteiger partial charge in [-0.25, -0.2) is 9.37 Å². The minimum atomic E-state index is -0.164. The maximum absolute atomic E-state index is 15.0. The van der Waals surface area contributed by atoms with Crippen LogP contribution in [0.4, 0.5) is 10.1 Å². The summed E-state index contributed by atoms with van der Waals surface area (Å²) >= 11 is 0. The second-order valence-electron chi connectivity index (χ2n) is 10.0. The summed E-state index contributed by atoms with van der Waals surface area (Å²) in [6.07, 6.45) is 9.25. The number of aromatic amines is 1. The summed E-state index contributed by atoms with van der Waals surface area (Å²) in [6, 6.07) is 13.4. The molecule has 2 atom stereocenters. The summed E-state index contributed by atoms with van der Waals surface area (Å²) in [5.74, 6) is 0.216. The highest BCUT2D eigenvalue weighted by Crippen LogP contribution is 2.36. The maximum Gasteiger partial charge on any atom is 0.207 e. The molecule has 35 heavy (non-hydrogen) atoms. The topological polar surface area (TPSA) is 64.3 Å². The number of piperazine rings is 1. The first-order chi connectivity index (χ1) is 17.2. The molecule has 1 aliphatic carbocycles. The SMILES string of the molecule is O=CNC(C1CCCCC1)C(CCN1CCN(c2cccc3[nH]cnc23)CC1)c1ccccc1F. The number of para-hydroxylation sites is 1. The highest BCUT2D eigenvalue weighted by Gasteiger charge is 2.33. The Bertz CT molecular complexity index is 1100. The van der Waals surface area contributed by atoms with E-state index in [1.54, 1.807) is 18.5 Å². The third-order valence-electron chi connectivity index (χ3n) is 8.05. The van der Waals surface area contributed by atoms with Crippen molar-refractivity contribution >= 4 is 23.1 Å². The number of hydrogen-bond acceptors (Lipinski definition) is 4. The normalized spacial score (nSPS) is 19.5. The van der Waals surface area contributed by atoms with Gasteiger partial charge in [-0.2, -0.15) is 0 Å². The molecule has 2 fully saturated rings. The number of fused-ring (bicyclic) bond motifs is 1. The minimum absolute atomic E-state index is 0.0248. The van der Waals surface area contributed by atoms with E-state index in [1.807, 2.05) is 12.1 Å². The summed E-state index contributed by atoms with van der Waals surface area (Å²) in [5.41, 5.74) is 4.01. The molecule has 1 saturated heterocycles. The lowest BCUT2D eigenvalue weighted by molar-refractivity contribution is -0.110. The lowest BCUT2D eigenvalue weighted by atomic mass is 9.75. The smallest absolute Gasteiger partial charge is 0.207 e. The monoisotopic (exact) mass is 477 g/mol. The number of hydrogen-bond donors (Lipinski definition) is 2. The van der Waals surface area contributed by atoms with E-state index in [0.717, 1.165) is 75.0 Å². The fourth-order valence-electron chi connectivity index (χ4n) is 6.20. The third kappa shape index (κ3) is 5.35. The van der Waals surface area contributed by atoms with E-state index < -0.39 is 0 Å². The molecule has 1 amide bonds. The Morgan fingerprint density at radius 3 is 2.63 bits per heavy atom. The number of amides is 1. The van der Waals surface area contributed by atoms with E-state index in [9.17, 15) is 9.18 Å². The van der Waals surface area contributed by atoms with Gasteiger partial charge in [-0.05, 0) is 55.5 Å². The fraction of sp³-hybridized carbons (Fsp3) is 0.500. The van der Waals surface area contributed by atoms with Gasteiger partial charge in [-0.1, -0.05) is 43.5 Å². The van der Waals surface area contributed by atoms with Crippen LogP contribution in [0.2, 0.25) is 0 Å². The lowest BCUT2D eigenvalue weighted by Gasteiger charge is -2.39. The molecule has 2 aliphatic rings. The van der Waals surface area contributed by atoms with Crippen molar-refractivity contribution < 1.29 is 9.18 Å². The molecule has 0 radical (unpaired) electrons. The standard InChI is InChI=1S/C28H36FN5O/c29-24-10-5-4-9-22(24)23(27(32-20-35)21-7-2-1-3-8-21)13-14-33-15-17-34(18-16-33)26-12-6-11-25-28(26)31-19-30-25/h4-6,9-12,19-21,23,27H,1-3,7-8,13-18H2,(H,30,31)(H,32,35). The van der Waals surface area contributed by atoms with Crippen LogP contribution < -0.4 is 10.2 Å². The van der Waals surface area contributed by atoms with Crippen LogP contribution in [-0.4, -0.2) is 60.0 Å². The van der Waals surface area contributed by atoms with Gasteiger partial charge in [-0.15, -0.1) is 0 Å². The van der Waals surface area contributed by atoms with Gasteiger partial charge < -0.3 is 15.2 Å². The predicted molar refractivity (Wildman–Crippen MR) is 138 cm³/mol. The maximum atomic E-state index is 15.0. The highest BCUT2D eigenvalue weighted by atomic mass is 19.1.